The molecule has 3 rings (SSSR count). The van der Waals surface area contributed by atoms with Gasteiger partial charge in [0.05, 0.1) is 0 Å². The summed E-state index contributed by atoms with van der Waals surface area (Å²) in [5.74, 6) is 1.54. The van der Waals surface area contributed by atoms with Gasteiger partial charge in [0, 0.05) is 4.83 Å². The highest BCUT2D eigenvalue weighted by Crippen LogP contribution is 2.52. The monoisotopic (exact) mass is 328 g/mol. The Morgan fingerprint density at radius 3 is 2.60 bits per heavy atom. The van der Waals surface area contributed by atoms with Crippen LogP contribution in [-0.2, 0) is 6.42 Å². The molecular formula is C19H21Br. The molecule has 2 aromatic carbocycles. The van der Waals surface area contributed by atoms with E-state index in [1.165, 1.54) is 28.7 Å². The highest BCUT2D eigenvalue weighted by molar-refractivity contribution is 9.09. The second kappa shape index (κ2) is 5.73. The van der Waals surface area contributed by atoms with E-state index in [2.05, 4.69) is 78.3 Å². The van der Waals surface area contributed by atoms with Crippen molar-refractivity contribution in [2.45, 2.75) is 37.4 Å². The van der Waals surface area contributed by atoms with E-state index in [0.717, 1.165) is 18.3 Å². The smallest absolute Gasteiger partial charge is 0.0220 e. The van der Waals surface area contributed by atoms with Crippen LogP contribution in [0, 0.1) is 19.8 Å². The van der Waals surface area contributed by atoms with Crippen LogP contribution >= 0.6 is 15.9 Å². The zero-order chi connectivity index (χ0) is 14.1. The van der Waals surface area contributed by atoms with E-state index in [-0.39, 0.29) is 0 Å². The van der Waals surface area contributed by atoms with Gasteiger partial charge >= 0.3 is 0 Å². The molecule has 1 saturated carbocycles. The zero-order valence-corrected chi connectivity index (χ0v) is 13.7. The van der Waals surface area contributed by atoms with E-state index in [0.29, 0.717) is 4.83 Å². The molecule has 0 aliphatic heterocycles. The van der Waals surface area contributed by atoms with Crippen molar-refractivity contribution in [3.05, 3.63) is 70.8 Å². The first-order valence-electron chi connectivity index (χ1n) is 7.40. The molecule has 1 aliphatic rings. The van der Waals surface area contributed by atoms with E-state index < -0.39 is 0 Å². The topological polar surface area (TPSA) is 0 Å². The normalized spacial score (nSPS) is 22.6. The average molecular weight is 329 g/mol. The Hall–Kier alpha value is -1.08. The molecule has 0 aromatic heterocycles. The third-order valence-electron chi connectivity index (χ3n) is 4.45. The van der Waals surface area contributed by atoms with E-state index in [9.17, 15) is 0 Å². The van der Waals surface area contributed by atoms with Gasteiger partial charge in [0.15, 0.2) is 0 Å². The van der Waals surface area contributed by atoms with Crippen LogP contribution in [0.2, 0.25) is 0 Å². The van der Waals surface area contributed by atoms with Gasteiger partial charge in [0.2, 0.25) is 0 Å². The SMILES string of the molecule is Cc1ccc(C)c(CC(Br)C2CC2c2ccccc2)c1. The maximum atomic E-state index is 3.94. The molecule has 0 spiro atoms. The summed E-state index contributed by atoms with van der Waals surface area (Å²) in [7, 11) is 0. The lowest BCUT2D eigenvalue weighted by Crippen LogP contribution is -2.08. The molecule has 1 heteroatoms. The van der Waals surface area contributed by atoms with Crippen molar-refractivity contribution in [1.82, 2.24) is 0 Å². The van der Waals surface area contributed by atoms with Gasteiger partial charge in [-0.25, -0.2) is 0 Å². The first-order valence-corrected chi connectivity index (χ1v) is 8.32. The van der Waals surface area contributed by atoms with Gasteiger partial charge in [-0.3, -0.25) is 0 Å². The second-order valence-corrected chi connectivity index (χ2v) is 7.24. The van der Waals surface area contributed by atoms with E-state index in [1.54, 1.807) is 0 Å². The predicted molar refractivity (Wildman–Crippen MR) is 89.6 cm³/mol. The van der Waals surface area contributed by atoms with Crippen molar-refractivity contribution in [3.63, 3.8) is 0 Å². The zero-order valence-electron chi connectivity index (χ0n) is 12.1. The molecule has 20 heavy (non-hydrogen) atoms. The molecule has 0 nitrogen and oxygen atoms in total. The number of alkyl halides is 1. The van der Waals surface area contributed by atoms with Crippen LogP contribution in [0.15, 0.2) is 48.5 Å². The molecule has 0 N–H and O–H groups in total. The summed E-state index contributed by atoms with van der Waals surface area (Å²) in [5.41, 5.74) is 5.77. The lowest BCUT2D eigenvalue weighted by molar-refractivity contribution is 0.732. The van der Waals surface area contributed by atoms with Crippen LogP contribution in [0.3, 0.4) is 0 Å². The van der Waals surface area contributed by atoms with Gasteiger partial charge in [0.25, 0.3) is 0 Å². The standard InChI is InChI=1S/C19H21Br/c1-13-8-9-14(2)16(10-13)11-19(20)18-12-17(18)15-6-4-3-5-7-15/h3-10,17-19H,11-12H2,1-2H3. The van der Waals surface area contributed by atoms with Gasteiger partial charge in [-0.2, -0.15) is 0 Å². The molecule has 0 amide bonds. The maximum absolute atomic E-state index is 3.94. The largest absolute Gasteiger partial charge is 0.0884 e. The molecule has 3 atom stereocenters. The summed E-state index contributed by atoms with van der Waals surface area (Å²) in [6.45, 7) is 4.39. The Balaban J connectivity index is 1.67. The molecule has 2 aromatic rings. The summed E-state index contributed by atoms with van der Waals surface area (Å²) in [4.78, 5) is 0.591. The fraction of sp³-hybridized carbons (Fsp3) is 0.368. The maximum Gasteiger partial charge on any atom is 0.0220 e. The molecule has 1 fully saturated rings. The summed E-state index contributed by atoms with van der Waals surface area (Å²) < 4.78 is 0. The second-order valence-electron chi connectivity index (χ2n) is 6.07. The Labute approximate surface area is 130 Å². The van der Waals surface area contributed by atoms with Crippen LogP contribution in [0.1, 0.15) is 34.6 Å². The first kappa shape index (κ1) is 13.9. The van der Waals surface area contributed by atoms with E-state index in [1.807, 2.05) is 0 Å². The Morgan fingerprint density at radius 2 is 1.85 bits per heavy atom. The number of benzene rings is 2. The third kappa shape index (κ3) is 2.98. The lowest BCUT2D eigenvalue weighted by atomic mass is 9.99. The fourth-order valence-electron chi connectivity index (χ4n) is 3.08. The van der Waals surface area contributed by atoms with Crippen LogP contribution in [-0.4, -0.2) is 4.83 Å². The van der Waals surface area contributed by atoms with Crippen molar-refractivity contribution in [3.8, 4) is 0 Å². The van der Waals surface area contributed by atoms with Gasteiger partial charge in [-0.15, -0.1) is 0 Å². The predicted octanol–water partition coefficient (Wildman–Crippen LogP) is 5.41. The Morgan fingerprint density at radius 1 is 1.10 bits per heavy atom. The molecule has 0 radical (unpaired) electrons. The Kier molecular flexibility index (Phi) is 3.98. The van der Waals surface area contributed by atoms with Gasteiger partial charge < -0.3 is 0 Å². The minimum atomic E-state index is 0.591. The number of halogens is 1. The van der Waals surface area contributed by atoms with E-state index in [4.69, 9.17) is 0 Å². The molecule has 104 valence electrons. The van der Waals surface area contributed by atoms with Crippen molar-refractivity contribution in [2.24, 2.45) is 5.92 Å². The Bertz CT molecular complexity index is 588. The number of rotatable bonds is 4. The number of hydrogen-bond donors (Lipinski definition) is 0. The van der Waals surface area contributed by atoms with Crippen LogP contribution < -0.4 is 0 Å². The van der Waals surface area contributed by atoms with Crippen LogP contribution in [0.5, 0.6) is 0 Å². The first-order chi connectivity index (χ1) is 9.65. The van der Waals surface area contributed by atoms with Crippen molar-refractivity contribution in [2.75, 3.05) is 0 Å². The fourth-order valence-corrected chi connectivity index (χ4v) is 4.01. The molecular weight excluding hydrogens is 308 g/mol. The molecule has 1 aliphatic carbocycles. The minimum absolute atomic E-state index is 0.591. The lowest BCUT2D eigenvalue weighted by Gasteiger charge is -2.13. The molecule has 0 bridgehead atoms. The van der Waals surface area contributed by atoms with Gasteiger partial charge in [-0.05, 0) is 55.2 Å². The van der Waals surface area contributed by atoms with Crippen molar-refractivity contribution in [1.29, 1.82) is 0 Å². The van der Waals surface area contributed by atoms with Gasteiger partial charge in [0.1, 0.15) is 0 Å². The average Bonchev–Trinajstić information content (AvgIpc) is 3.24. The summed E-state index contributed by atoms with van der Waals surface area (Å²) >= 11 is 3.94. The van der Waals surface area contributed by atoms with Gasteiger partial charge in [-0.1, -0.05) is 70.0 Å². The highest BCUT2D eigenvalue weighted by atomic mass is 79.9. The molecule has 0 heterocycles. The molecule has 0 saturated heterocycles. The minimum Gasteiger partial charge on any atom is -0.0884 e. The number of hydrogen-bond acceptors (Lipinski definition) is 0. The van der Waals surface area contributed by atoms with Crippen molar-refractivity contribution < 1.29 is 0 Å². The highest BCUT2D eigenvalue weighted by Gasteiger charge is 2.42. The summed E-state index contributed by atoms with van der Waals surface area (Å²) in [6, 6.07) is 17.7. The third-order valence-corrected chi connectivity index (χ3v) is 5.45. The number of aryl methyl sites for hydroxylation is 2. The summed E-state index contributed by atoms with van der Waals surface area (Å²) in [5, 5.41) is 0. The van der Waals surface area contributed by atoms with Crippen LogP contribution in [0.25, 0.3) is 0 Å². The van der Waals surface area contributed by atoms with Crippen molar-refractivity contribution >= 4 is 15.9 Å². The van der Waals surface area contributed by atoms with Crippen LogP contribution in [0.4, 0.5) is 0 Å². The quantitative estimate of drug-likeness (QED) is 0.658. The molecule has 3 unspecified atom stereocenters. The van der Waals surface area contributed by atoms with E-state index >= 15 is 0 Å². The summed E-state index contributed by atoms with van der Waals surface area (Å²) in [6.07, 6.45) is 2.46.